The number of fused-ring (bicyclic) bond motifs is 1. The van der Waals surface area contributed by atoms with Gasteiger partial charge in [-0.25, -0.2) is 0 Å². The topological polar surface area (TPSA) is 110 Å². The van der Waals surface area contributed by atoms with Crippen LogP contribution in [0.25, 0.3) is 5.69 Å². The first-order valence-corrected chi connectivity index (χ1v) is 10.4. The quantitative estimate of drug-likeness (QED) is 0.467. The molecule has 162 valence electrons. The number of carbonyl (C=O) groups excluding carboxylic acids is 1. The lowest BCUT2D eigenvalue weighted by molar-refractivity contribution is 0.100. The minimum Gasteiger partial charge on any atom is -0.497 e. The third kappa shape index (κ3) is 3.96. The van der Waals surface area contributed by atoms with E-state index < -0.39 is 5.91 Å². The molecule has 0 saturated heterocycles. The van der Waals surface area contributed by atoms with Crippen LogP contribution in [-0.2, 0) is 19.3 Å². The number of hydrogen-bond donors (Lipinski definition) is 4. The smallest absolute Gasteiger partial charge is 0.250 e. The largest absolute Gasteiger partial charge is 0.497 e. The van der Waals surface area contributed by atoms with Crippen LogP contribution in [0.4, 0.5) is 11.4 Å². The molecule has 1 heterocycles. The van der Waals surface area contributed by atoms with Crippen molar-refractivity contribution in [3.63, 3.8) is 0 Å². The summed E-state index contributed by atoms with van der Waals surface area (Å²) >= 11 is 0. The van der Waals surface area contributed by atoms with Crippen LogP contribution in [0.1, 0.15) is 40.0 Å². The van der Waals surface area contributed by atoms with E-state index in [1.807, 2.05) is 34.9 Å². The average molecular weight is 421 g/mol. The van der Waals surface area contributed by atoms with Gasteiger partial charge < -0.3 is 26.0 Å². The average Bonchev–Trinajstić information content (AvgIpc) is 3.06. The molecule has 7 heteroatoms. The Labute approximate surface area is 181 Å². The van der Waals surface area contributed by atoms with Gasteiger partial charge in [0.1, 0.15) is 5.75 Å². The fourth-order valence-corrected chi connectivity index (χ4v) is 4.33. The predicted octanol–water partition coefficient (Wildman–Crippen LogP) is 3.45. The van der Waals surface area contributed by atoms with Gasteiger partial charge in [-0.3, -0.25) is 9.36 Å². The molecular weight excluding hydrogens is 394 g/mol. The van der Waals surface area contributed by atoms with E-state index >= 15 is 0 Å². The summed E-state index contributed by atoms with van der Waals surface area (Å²) in [7, 11) is 1.60. The van der Waals surface area contributed by atoms with Crippen LogP contribution in [0.5, 0.6) is 11.6 Å². The standard InChI is InChI=1S/C24H27N3O4/c1-31-17-9-6-15(7-10-17)26-21-14-16(8-11-20(21)23(25)29)27-22-5-3-2-4-18(22)19(12-13-28)24(27)30/h6-11,14,26,28,30H,2-5,12-13H2,1H3,(H2,25,29). The first-order valence-electron chi connectivity index (χ1n) is 10.4. The Balaban J connectivity index is 1.80. The molecule has 0 spiro atoms. The summed E-state index contributed by atoms with van der Waals surface area (Å²) in [6, 6.07) is 12.6. The lowest BCUT2D eigenvalue weighted by Crippen LogP contribution is -2.14. The number of amides is 1. The third-order valence-corrected chi connectivity index (χ3v) is 5.81. The Hall–Kier alpha value is -3.45. The van der Waals surface area contributed by atoms with Crippen LogP contribution >= 0.6 is 0 Å². The minimum atomic E-state index is -0.540. The number of aliphatic hydroxyl groups excluding tert-OH is 1. The van der Waals surface area contributed by atoms with Gasteiger partial charge in [-0.1, -0.05) is 0 Å². The van der Waals surface area contributed by atoms with Crippen molar-refractivity contribution in [2.75, 3.05) is 19.0 Å². The van der Waals surface area contributed by atoms with Crippen molar-refractivity contribution < 1.29 is 19.7 Å². The maximum atomic E-state index is 12.0. The first-order chi connectivity index (χ1) is 15.0. The van der Waals surface area contributed by atoms with Crippen molar-refractivity contribution in [3.05, 3.63) is 64.8 Å². The predicted molar refractivity (Wildman–Crippen MR) is 120 cm³/mol. The van der Waals surface area contributed by atoms with E-state index in [2.05, 4.69) is 5.32 Å². The summed E-state index contributed by atoms with van der Waals surface area (Å²) in [6.07, 6.45) is 4.28. The molecule has 0 bridgehead atoms. The van der Waals surface area contributed by atoms with Crippen LogP contribution in [-0.4, -0.2) is 34.4 Å². The molecule has 0 radical (unpaired) electrons. The lowest BCUT2D eigenvalue weighted by atomic mass is 9.94. The van der Waals surface area contributed by atoms with Crippen molar-refractivity contribution in [2.45, 2.75) is 32.1 Å². The van der Waals surface area contributed by atoms with Crippen molar-refractivity contribution in [1.29, 1.82) is 0 Å². The first kappa shape index (κ1) is 20.8. The molecule has 1 aliphatic rings. The molecule has 0 saturated carbocycles. The Morgan fingerprint density at radius 3 is 2.58 bits per heavy atom. The maximum Gasteiger partial charge on any atom is 0.250 e. The van der Waals surface area contributed by atoms with Gasteiger partial charge in [-0.05, 0) is 73.7 Å². The number of nitrogens with zero attached hydrogens (tertiary/aromatic N) is 1. The number of methoxy groups -OCH3 is 1. The molecule has 0 fully saturated rings. The number of aromatic nitrogens is 1. The van der Waals surface area contributed by atoms with Crippen LogP contribution in [0.3, 0.4) is 0 Å². The number of nitrogens with two attached hydrogens (primary N) is 1. The molecule has 31 heavy (non-hydrogen) atoms. The van der Waals surface area contributed by atoms with Gasteiger partial charge in [0.2, 0.25) is 0 Å². The van der Waals surface area contributed by atoms with E-state index in [9.17, 15) is 15.0 Å². The van der Waals surface area contributed by atoms with Crippen LogP contribution in [0, 0.1) is 0 Å². The van der Waals surface area contributed by atoms with E-state index in [1.165, 1.54) is 0 Å². The summed E-state index contributed by atoms with van der Waals surface area (Å²) in [5.74, 6) is 0.347. The number of ether oxygens (including phenoxy) is 1. The fourth-order valence-electron chi connectivity index (χ4n) is 4.33. The zero-order valence-electron chi connectivity index (χ0n) is 17.5. The maximum absolute atomic E-state index is 12.0. The summed E-state index contributed by atoms with van der Waals surface area (Å²) in [4.78, 5) is 12.0. The number of nitrogens with one attached hydrogen (secondary N) is 1. The number of aromatic hydroxyl groups is 1. The van der Waals surface area contributed by atoms with Gasteiger partial charge in [0.25, 0.3) is 5.91 Å². The molecule has 1 aromatic heterocycles. The van der Waals surface area contributed by atoms with Crippen LogP contribution < -0.4 is 15.8 Å². The van der Waals surface area contributed by atoms with Crippen molar-refractivity contribution in [3.8, 4) is 17.3 Å². The van der Waals surface area contributed by atoms with E-state index in [0.29, 0.717) is 17.7 Å². The molecule has 1 aliphatic carbocycles. The van der Waals surface area contributed by atoms with Crippen molar-refractivity contribution >= 4 is 17.3 Å². The molecule has 0 atom stereocenters. The molecule has 2 aromatic carbocycles. The third-order valence-electron chi connectivity index (χ3n) is 5.81. The van der Waals surface area contributed by atoms with E-state index in [1.54, 1.807) is 19.2 Å². The second-order valence-electron chi connectivity index (χ2n) is 7.69. The SMILES string of the molecule is COc1ccc(Nc2cc(-n3c(O)c(CCO)c4c3CCCC4)ccc2C(N)=O)cc1. The molecule has 7 nitrogen and oxygen atoms in total. The number of carbonyl (C=O) groups is 1. The monoisotopic (exact) mass is 421 g/mol. The number of benzene rings is 2. The zero-order chi connectivity index (χ0) is 22.0. The minimum absolute atomic E-state index is 0.0189. The van der Waals surface area contributed by atoms with Gasteiger partial charge in [0, 0.05) is 30.0 Å². The summed E-state index contributed by atoms with van der Waals surface area (Å²) in [5, 5.41) is 23.7. The van der Waals surface area contributed by atoms with E-state index in [-0.39, 0.29) is 12.5 Å². The molecule has 3 aromatic rings. The summed E-state index contributed by atoms with van der Waals surface area (Å²) in [6.45, 7) is -0.0189. The number of hydrogen-bond acceptors (Lipinski definition) is 5. The van der Waals surface area contributed by atoms with Crippen molar-refractivity contribution in [2.24, 2.45) is 5.73 Å². The fraction of sp³-hybridized carbons (Fsp3) is 0.292. The molecule has 4 rings (SSSR count). The summed E-state index contributed by atoms with van der Waals surface area (Å²) in [5.41, 5.74) is 11.0. The van der Waals surface area contributed by atoms with Crippen LogP contribution in [0.2, 0.25) is 0 Å². The second kappa shape index (κ2) is 8.73. The Kier molecular flexibility index (Phi) is 5.86. The van der Waals surface area contributed by atoms with Gasteiger partial charge in [0.15, 0.2) is 5.88 Å². The highest BCUT2D eigenvalue weighted by Gasteiger charge is 2.25. The van der Waals surface area contributed by atoms with E-state index in [0.717, 1.165) is 59.6 Å². The Morgan fingerprint density at radius 2 is 1.90 bits per heavy atom. The zero-order valence-corrected chi connectivity index (χ0v) is 17.5. The normalized spacial score (nSPS) is 13.0. The lowest BCUT2D eigenvalue weighted by Gasteiger charge is -2.18. The summed E-state index contributed by atoms with van der Waals surface area (Å²) < 4.78 is 7.03. The highest BCUT2D eigenvalue weighted by Crippen LogP contribution is 2.38. The van der Waals surface area contributed by atoms with Crippen molar-refractivity contribution in [1.82, 2.24) is 4.57 Å². The Morgan fingerprint density at radius 1 is 1.16 bits per heavy atom. The number of rotatable bonds is 7. The molecule has 0 unspecified atom stereocenters. The van der Waals surface area contributed by atoms with Gasteiger partial charge in [-0.15, -0.1) is 0 Å². The molecule has 5 N–H and O–H groups in total. The van der Waals surface area contributed by atoms with Gasteiger partial charge in [-0.2, -0.15) is 0 Å². The molecular formula is C24H27N3O4. The second-order valence-corrected chi connectivity index (χ2v) is 7.69. The number of primary amides is 1. The van der Waals surface area contributed by atoms with Gasteiger partial charge >= 0.3 is 0 Å². The van der Waals surface area contributed by atoms with E-state index in [4.69, 9.17) is 10.5 Å². The Bertz CT molecular complexity index is 1100. The van der Waals surface area contributed by atoms with Gasteiger partial charge in [0.05, 0.1) is 24.0 Å². The number of anilines is 2. The van der Waals surface area contributed by atoms with Crippen LogP contribution in [0.15, 0.2) is 42.5 Å². The highest BCUT2D eigenvalue weighted by atomic mass is 16.5. The molecule has 1 amide bonds. The molecule has 0 aliphatic heterocycles. The highest BCUT2D eigenvalue weighted by molar-refractivity contribution is 5.99. The number of aliphatic hydroxyl groups is 1.